The third-order valence-corrected chi connectivity index (χ3v) is 3.53. The molecule has 0 atom stereocenters. The summed E-state index contributed by atoms with van der Waals surface area (Å²) in [5.74, 6) is -2.64. The highest BCUT2D eigenvalue weighted by Gasteiger charge is 2.17. The molecule has 26 heavy (non-hydrogen) atoms. The number of esters is 1. The Bertz CT molecular complexity index is 812. The number of carbonyl (C=O) groups is 2. The van der Waals surface area contributed by atoms with E-state index in [0.29, 0.717) is 11.8 Å². The lowest BCUT2D eigenvalue weighted by Crippen LogP contribution is -2.29. The van der Waals surface area contributed by atoms with Gasteiger partial charge in [0.1, 0.15) is 17.4 Å². The van der Waals surface area contributed by atoms with Gasteiger partial charge in [-0.05, 0) is 23.8 Å². The first-order valence-corrected chi connectivity index (χ1v) is 7.65. The molecule has 2 aromatic carbocycles. The molecular weight excluding hydrogens is 346 g/mol. The number of nitrogens with one attached hydrogen (secondary N) is 2. The number of halogens is 2. The smallest absolute Gasteiger partial charge is 0.340 e. The zero-order valence-electron chi connectivity index (χ0n) is 14.3. The van der Waals surface area contributed by atoms with Gasteiger partial charge in [0.05, 0.1) is 32.0 Å². The summed E-state index contributed by atoms with van der Waals surface area (Å²) >= 11 is 0. The first-order valence-electron chi connectivity index (χ1n) is 7.65. The van der Waals surface area contributed by atoms with Crippen LogP contribution in [0, 0.1) is 11.6 Å². The summed E-state index contributed by atoms with van der Waals surface area (Å²) in [4.78, 5) is 23.3. The van der Waals surface area contributed by atoms with Crippen LogP contribution in [0.4, 0.5) is 14.5 Å². The molecule has 0 saturated carbocycles. The Morgan fingerprint density at radius 1 is 1.08 bits per heavy atom. The van der Waals surface area contributed by atoms with Crippen LogP contribution in [0.25, 0.3) is 0 Å². The average Bonchev–Trinajstić information content (AvgIpc) is 2.65. The topological polar surface area (TPSA) is 76.7 Å². The van der Waals surface area contributed by atoms with E-state index in [9.17, 15) is 18.4 Å². The molecule has 0 spiro atoms. The lowest BCUT2D eigenvalue weighted by atomic mass is 10.1. The van der Waals surface area contributed by atoms with Gasteiger partial charge in [0.15, 0.2) is 0 Å². The van der Waals surface area contributed by atoms with Crippen LogP contribution in [0.5, 0.6) is 5.75 Å². The molecular formula is C18H18F2N2O4. The van der Waals surface area contributed by atoms with Crippen molar-refractivity contribution in [3.8, 4) is 5.75 Å². The summed E-state index contributed by atoms with van der Waals surface area (Å²) in [6, 6.07) is 8.69. The molecule has 8 heteroatoms. The van der Waals surface area contributed by atoms with Gasteiger partial charge in [-0.15, -0.1) is 0 Å². The largest absolute Gasteiger partial charge is 0.497 e. The number of methoxy groups -OCH3 is 2. The molecule has 0 heterocycles. The van der Waals surface area contributed by atoms with Crippen molar-refractivity contribution in [3.05, 3.63) is 59.2 Å². The maximum Gasteiger partial charge on any atom is 0.340 e. The number of carbonyl (C=O) groups excluding carboxylic acids is 2. The highest BCUT2D eigenvalue weighted by molar-refractivity contribution is 5.91. The third kappa shape index (κ3) is 4.92. The fraction of sp³-hybridized carbons (Fsp3) is 0.222. The van der Waals surface area contributed by atoms with Crippen molar-refractivity contribution in [3.63, 3.8) is 0 Å². The monoisotopic (exact) mass is 364 g/mol. The van der Waals surface area contributed by atoms with Crippen LogP contribution >= 0.6 is 0 Å². The minimum absolute atomic E-state index is 0.177. The van der Waals surface area contributed by atoms with Crippen LogP contribution in [0.1, 0.15) is 15.9 Å². The summed E-state index contributed by atoms with van der Waals surface area (Å²) in [7, 11) is 2.63. The van der Waals surface area contributed by atoms with E-state index in [4.69, 9.17) is 4.74 Å². The van der Waals surface area contributed by atoms with Gasteiger partial charge in [-0.3, -0.25) is 4.79 Å². The van der Waals surface area contributed by atoms with Crippen LogP contribution in [-0.4, -0.2) is 32.6 Å². The number of hydrogen-bond donors (Lipinski definition) is 2. The van der Waals surface area contributed by atoms with Crippen molar-refractivity contribution in [1.82, 2.24) is 5.32 Å². The van der Waals surface area contributed by atoms with E-state index in [2.05, 4.69) is 15.4 Å². The van der Waals surface area contributed by atoms with Gasteiger partial charge in [-0.25, -0.2) is 13.6 Å². The van der Waals surface area contributed by atoms with E-state index >= 15 is 0 Å². The van der Waals surface area contributed by atoms with E-state index in [1.807, 2.05) is 6.07 Å². The van der Waals surface area contributed by atoms with Crippen LogP contribution in [0.15, 0.2) is 36.4 Å². The first-order chi connectivity index (χ1) is 12.4. The zero-order valence-corrected chi connectivity index (χ0v) is 14.3. The minimum atomic E-state index is -1.04. The Balaban J connectivity index is 1.95. The second-order valence-corrected chi connectivity index (χ2v) is 5.29. The molecule has 0 unspecified atom stereocenters. The molecule has 2 aromatic rings. The second-order valence-electron chi connectivity index (χ2n) is 5.29. The van der Waals surface area contributed by atoms with Crippen LogP contribution in [0.2, 0.25) is 0 Å². The second kappa shape index (κ2) is 8.80. The fourth-order valence-electron chi connectivity index (χ4n) is 2.17. The fourth-order valence-corrected chi connectivity index (χ4v) is 2.17. The number of amides is 1. The molecule has 2 N–H and O–H groups in total. The van der Waals surface area contributed by atoms with Gasteiger partial charge >= 0.3 is 5.97 Å². The third-order valence-electron chi connectivity index (χ3n) is 3.53. The van der Waals surface area contributed by atoms with Crippen LogP contribution < -0.4 is 15.4 Å². The van der Waals surface area contributed by atoms with Gasteiger partial charge in [-0.1, -0.05) is 12.1 Å². The molecule has 0 aromatic heterocycles. The standard InChI is InChI=1S/C18H18F2N2O4/c1-25-12-5-3-4-11(6-12)9-22-17(23)10-21-16-7-13(18(24)26-2)14(19)8-15(16)20/h3-8,21H,9-10H2,1-2H3,(H,22,23). The van der Waals surface area contributed by atoms with E-state index in [1.54, 1.807) is 25.3 Å². The summed E-state index contributed by atoms with van der Waals surface area (Å²) in [5, 5.41) is 5.19. The predicted octanol–water partition coefficient (Wildman–Crippen LogP) is 2.49. The Morgan fingerprint density at radius 3 is 2.54 bits per heavy atom. The molecule has 0 aliphatic heterocycles. The number of hydrogen-bond acceptors (Lipinski definition) is 5. The van der Waals surface area contributed by atoms with Crippen LogP contribution in [-0.2, 0) is 16.1 Å². The van der Waals surface area contributed by atoms with Gasteiger partial charge in [0.25, 0.3) is 0 Å². The summed E-state index contributed by atoms with van der Waals surface area (Å²) in [6.45, 7) is 0.00412. The molecule has 0 aliphatic rings. The molecule has 0 aliphatic carbocycles. The predicted molar refractivity (Wildman–Crippen MR) is 91.0 cm³/mol. The van der Waals surface area contributed by atoms with Crippen molar-refractivity contribution in [2.75, 3.05) is 26.1 Å². The van der Waals surface area contributed by atoms with Gasteiger partial charge in [0, 0.05) is 12.6 Å². The lowest BCUT2D eigenvalue weighted by Gasteiger charge is -2.11. The summed E-state index contributed by atoms with van der Waals surface area (Å²) < 4.78 is 36.9. The van der Waals surface area contributed by atoms with Gasteiger partial charge in [-0.2, -0.15) is 0 Å². The Labute approximate surface area is 149 Å². The average molecular weight is 364 g/mol. The van der Waals surface area contributed by atoms with Crippen molar-refractivity contribution in [2.24, 2.45) is 0 Å². The Kier molecular flexibility index (Phi) is 6.48. The molecule has 6 nitrogen and oxygen atoms in total. The van der Waals surface area contributed by atoms with E-state index < -0.39 is 29.1 Å². The van der Waals surface area contributed by atoms with Crippen molar-refractivity contribution in [1.29, 1.82) is 0 Å². The number of anilines is 1. The van der Waals surface area contributed by atoms with Crippen molar-refractivity contribution >= 4 is 17.6 Å². The Morgan fingerprint density at radius 2 is 1.85 bits per heavy atom. The summed E-state index contributed by atoms with van der Waals surface area (Å²) in [5.41, 5.74) is 0.232. The van der Waals surface area contributed by atoms with Gasteiger partial charge in [0.2, 0.25) is 5.91 Å². The molecule has 1 amide bonds. The van der Waals surface area contributed by atoms with Crippen molar-refractivity contribution in [2.45, 2.75) is 6.54 Å². The maximum atomic E-state index is 13.8. The van der Waals surface area contributed by atoms with E-state index in [1.165, 1.54) is 0 Å². The molecule has 0 saturated heterocycles. The minimum Gasteiger partial charge on any atom is -0.497 e. The highest BCUT2D eigenvalue weighted by Crippen LogP contribution is 2.20. The van der Waals surface area contributed by atoms with Gasteiger partial charge < -0.3 is 20.1 Å². The molecule has 2 rings (SSSR count). The molecule has 0 bridgehead atoms. The van der Waals surface area contributed by atoms with Crippen molar-refractivity contribution < 1.29 is 27.8 Å². The summed E-state index contributed by atoms with van der Waals surface area (Å²) in [6.07, 6.45) is 0. The number of ether oxygens (including phenoxy) is 2. The first kappa shape index (κ1) is 19.2. The quantitative estimate of drug-likeness (QED) is 0.738. The van der Waals surface area contributed by atoms with Crippen LogP contribution in [0.3, 0.4) is 0 Å². The zero-order chi connectivity index (χ0) is 19.1. The van der Waals surface area contributed by atoms with E-state index in [0.717, 1.165) is 18.7 Å². The van der Waals surface area contributed by atoms with E-state index in [-0.39, 0.29) is 18.8 Å². The SMILES string of the molecule is COC(=O)c1cc(NCC(=O)NCc2cccc(OC)c2)c(F)cc1F. The Hall–Kier alpha value is -3.16. The maximum absolute atomic E-state index is 13.8. The molecule has 0 radical (unpaired) electrons. The number of benzene rings is 2. The lowest BCUT2D eigenvalue weighted by molar-refractivity contribution is -0.119. The normalized spacial score (nSPS) is 10.2. The number of rotatable bonds is 7. The molecule has 0 fully saturated rings. The molecule has 138 valence electrons. The highest BCUT2D eigenvalue weighted by atomic mass is 19.1.